The van der Waals surface area contributed by atoms with E-state index in [1.807, 2.05) is 35.0 Å². The van der Waals surface area contributed by atoms with Crippen LogP contribution in [0.25, 0.3) is 5.69 Å². The van der Waals surface area contributed by atoms with Crippen molar-refractivity contribution in [3.8, 4) is 5.69 Å². The van der Waals surface area contributed by atoms with E-state index in [1.54, 1.807) is 12.5 Å². The van der Waals surface area contributed by atoms with Gasteiger partial charge in [0.2, 0.25) is 0 Å². The number of para-hydroxylation sites is 1. The molecule has 0 spiro atoms. The first-order valence-electron chi connectivity index (χ1n) is 5.55. The van der Waals surface area contributed by atoms with Crippen LogP contribution in [0, 0.1) is 0 Å². The lowest BCUT2D eigenvalue weighted by Crippen LogP contribution is -2.00. The molecule has 0 radical (unpaired) electrons. The number of rotatable bonds is 5. The van der Waals surface area contributed by atoms with E-state index in [-0.39, 0.29) is 6.42 Å². The van der Waals surface area contributed by atoms with Crippen LogP contribution in [0.4, 0.5) is 0 Å². The number of carboxylic acids is 1. The monoisotopic (exact) mass is 230 g/mol. The Kier molecular flexibility index (Phi) is 3.55. The van der Waals surface area contributed by atoms with Gasteiger partial charge in [-0.3, -0.25) is 4.79 Å². The molecule has 0 amide bonds. The topological polar surface area (TPSA) is 55.1 Å². The minimum absolute atomic E-state index is 0.207. The van der Waals surface area contributed by atoms with Crippen molar-refractivity contribution in [3.63, 3.8) is 0 Å². The Morgan fingerprint density at radius 2 is 2.18 bits per heavy atom. The van der Waals surface area contributed by atoms with Gasteiger partial charge in [-0.05, 0) is 24.5 Å². The zero-order chi connectivity index (χ0) is 12.1. The molecule has 2 rings (SSSR count). The number of aliphatic carboxylic acids is 1. The number of hydrogen-bond donors (Lipinski definition) is 1. The van der Waals surface area contributed by atoms with Crippen LogP contribution in [-0.4, -0.2) is 20.6 Å². The third-order valence-corrected chi connectivity index (χ3v) is 2.61. The predicted octanol–water partition coefficient (Wildman–Crippen LogP) is 2.28. The molecule has 1 N–H and O–H groups in total. The number of imidazole rings is 1. The molecule has 0 saturated carbocycles. The maximum absolute atomic E-state index is 10.5. The van der Waals surface area contributed by atoms with Crippen LogP contribution in [0.2, 0.25) is 0 Å². The summed E-state index contributed by atoms with van der Waals surface area (Å²) in [5.74, 6) is -0.745. The quantitative estimate of drug-likeness (QED) is 0.857. The fourth-order valence-corrected chi connectivity index (χ4v) is 1.81. The van der Waals surface area contributed by atoms with Gasteiger partial charge < -0.3 is 9.67 Å². The summed E-state index contributed by atoms with van der Waals surface area (Å²) < 4.78 is 1.94. The van der Waals surface area contributed by atoms with Gasteiger partial charge in [-0.25, -0.2) is 4.98 Å². The van der Waals surface area contributed by atoms with Crippen LogP contribution in [0.3, 0.4) is 0 Å². The maximum Gasteiger partial charge on any atom is 0.303 e. The highest BCUT2D eigenvalue weighted by atomic mass is 16.4. The van der Waals surface area contributed by atoms with Gasteiger partial charge in [0.05, 0.1) is 6.33 Å². The summed E-state index contributed by atoms with van der Waals surface area (Å²) in [6, 6.07) is 7.97. The van der Waals surface area contributed by atoms with Gasteiger partial charge in [-0.15, -0.1) is 0 Å². The van der Waals surface area contributed by atoms with Gasteiger partial charge in [0.1, 0.15) is 0 Å². The van der Waals surface area contributed by atoms with Crippen molar-refractivity contribution in [1.29, 1.82) is 0 Å². The highest BCUT2D eigenvalue weighted by Gasteiger charge is 2.04. The van der Waals surface area contributed by atoms with Crippen molar-refractivity contribution >= 4 is 5.97 Å². The van der Waals surface area contributed by atoms with E-state index in [4.69, 9.17) is 5.11 Å². The lowest BCUT2D eigenvalue weighted by atomic mass is 10.1. The predicted molar refractivity (Wildman–Crippen MR) is 64.1 cm³/mol. The normalized spacial score (nSPS) is 10.4. The maximum atomic E-state index is 10.5. The van der Waals surface area contributed by atoms with Crippen molar-refractivity contribution in [3.05, 3.63) is 48.5 Å². The van der Waals surface area contributed by atoms with E-state index < -0.39 is 5.97 Å². The summed E-state index contributed by atoms with van der Waals surface area (Å²) in [6.45, 7) is 0. The number of benzene rings is 1. The molecule has 0 atom stereocenters. The van der Waals surface area contributed by atoms with E-state index in [2.05, 4.69) is 4.98 Å². The summed E-state index contributed by atoms with van der Waals surface area (Å²) in [7, 11) is 0. The molecule has 0 saturated heterocycles. The molecule has 0 aliphatic carbocycles. The molecule has 0 unspecified atom stereocenters. The van der Waals surface area contributed by atoms with Crippen LogP contribution in [-0.2, 0) is 11.2 Å². The lowest BCUT2D eigenvalue weighted by Gasteiger charge is -2.09. The molecule has 0 aliphatic rings. The van der Waals surface area contributed by atoms with E-state index >= 15 is 0 Å². The Bertz CT molecular complexity index is 492. The number of hydrogen-bond acceptors (Lipinski definition) is 2. The Hall–Kier alpha value is -2.10. The van der Waals surface area contributed by atoms with Gasteiger partial charge in [0, 0.05) is 24.5 Å². The van der Waals surface area contributed by atoms with E-state index in [0.717, 1.165) is 17.7 Å². The number of carbonyl (C=O) groups is 1. The minimum Gasteiger partial charge on any atom is -0.481 e. The molecule has 0 aliphatic heterocycles. The summed E-state index contributed by atoms with van der Waals surface area (Å²) in [5.41, 5.74) is 2.21. The Labute approximate surface area is 99.5 Å². The number of aryl methyl sites for hydroxylation is 1. The average Bonchev–Trinajstić information content (AvgIpc) is 2.82. The van der Waals surface area contributed by atoms with Crippen LogP contribution in [0.5, 0.6) is 0 Å². The standard InChI is InChI=1S/C13H14N2O2/c16-13(17)7-3-5-11-4-1-2-6-12(11)15-9-8-14-10-15/h1-2,4,6,8-10H,3,5,7H2,(H,16,17). The molecule has 0 bridgehead atoms. The molecule has 1 aromatic heterocycles. The largest absolute Gasteiger partial charge is 0.481 e. The highest BCUT2D eigenvalue weighted by molar-refractivity contribution is 5.66. The van der Waals surface area contributed by atoms with Crippen molar-refractivity contribution in [1.82, 2.24) is 9.55 Å². The summed E-state index contributed by atoms with van der Waals surface area (Å²) in [6.07, 6.45) is 6.99. The second kappa shape index (κ2) is 5.30. The molecular weight excluding hydrogens is 216 g/mol. The second-order valence-corrected chi connectivity index (χ2v) is 3.85. The van der Waals surface area contributed by atoms with E-state index in [0.29, 0.717) is 6.42 Å². The molecule has 17 heavy (non-hydrogen) atoms. The molecule has 2 aromatic rings. The van der Waals surface area contributed by atoms with Crippen molar-refractivity contribution in [2.24, 2.45) is 0 Å². The molecule has 88 valence electrons. The van der Waals surface area contributed by atoms with Gasteiger partial charge in [-0.1, -0.05) is 18.2 Å². The van der Waals surface area contributed by atoms with Crippen molar-refractivity contribution in [2.75, 3.05) is 0 Å². The zero-order valence-corrected chi connectivity index (χ0v) is 9.41. The summed E-state index contributed by atoms with van der Waals surface area (Å²) >= 11 is 0. The Morgan fingerprint density at radius 3 is 2.88 bits per heavy atom. The SMILES string of the molecule is O=C(O)CCCc1ccccc1-n1ccnc1. The molecule has 4 nitrogen and oxygen atoms in total. The molecular formula is C13H14N2O2. The molecule has 4 heteroatoms. The second-order valence-electron chi connectivity index (χ2n) is 3.85. The summed E-state index contributed by atoms with van der Waals surface area (Å²) in [4.78, 5) is 14.5. The zero-order valence-electron chi connectivity index (χ0n) is 9.41. The first kappa shape index (κ1) is 11.4. The number of nitrogens with zero attached hydrogens (tertiary/aromatic N) is 2. The van der Waals surface area contributed by atoms with Crippen molar-refractivity contribution < 1.29 is 9.90 Å². The lowest BCUT2D eigenvalue weighted by molar-refractivity contribution is -0.137. The van der Waals surface area contributed by atoms with Gasteiger partial charge in [-0.2, -0.15) is 0 Å². The van der Waals surface area contributed by atoms with Crippen LogP contribution in [0.15, 0.2) is 43.0 Å². The molecule has 1 heterocycles. The Morgan fingerprint density at radius 1 is 1.35 bits per heavy atom. The fraction of sp³-hybridized carbons (Fsp3) is 0.231. The number of carboxylic acid groups (broad SMARTS) is 1. The first-order valence-corrected chi connectivity index (χ1v) is 5.55. The molecule has 1 aromatic carbocycles. The Balaban J connectivity index is 2.14. The van der Waals surface area contributed by atoms with Gasteiger partial charge in [0.15, 0.2) is 0 Å². The highest BCUT2D eigenvalue weighted by Crippen LogP contribution is 2.16. The first-order chi connectivity index (χ1) is 8.27. The van der Waals surface area contributed by atoms with Crippen molar-refractivity contribution in [2.45, 2.75) is 19.3 Å². The van der Waals surface area contributed by atoms with Gasteiger partial charge >= 0.3 is 5.97 Å². The smallest absolute Gasteiger partial charge is 0.303 e. The van der Waals surface area contributed by atoms with Crippen LogP contribution >= 0.6 is 0 Å². The van der Waals surface area contributed by atoms with Gasteiger partial charge in [0.25, 0.3) is 0 Å². The van der Waals surface area contributed by atoms with Crippen LogP contribution in [0.1, 0.15) is 18.4 Å². The van der Waals surface area contributed by atoms with E-state index in [9.17, 15) is 4.79 Å². The fourth-order valence-electron chi connectivity index (χ4n) is 1.81. The average molecular weight is 230 g/mol. The number of aromatic nitrogens is 2. The van der Waals surface area contributed by atoms with E-state index in [1.165, 1.54) is 0 Å². The van der Waals surface area contributed by atoms with Crippen LogP contribution < -0.4 is 0 Å². The minimum atomic E-state index is -0.745. The summed E-state index contributed by atoms with van der Waals surface area (Å²) in [5, 5.41) is 8.63. The third kappa shape index (κ3) is 2.93. The third-order valence-electron chi connectivity index (χ3n) is 2.61. The molecule has 0 fully saturated rings.